The van der Waals surface area contributed by atoms with Gasteiger partial charge < -0.3 is 15.4 Å². The predicted molar refractivity (Wildman–Crippen MR) is 77.6 cm³/mol. The highest BCUT2D eigenvalue weighted by atomic mass is 79.9. The molecule has 0 bridgehead atoms. The van der Waals surface area contributed by atoms with E-state index in [1.165, 1.54) is 6.20 Å². The van der Waals surface area contributed by atoms with Gasteiger partial charge in [-0.05, 0) is 35.9 Å². The van der Waals surface area contributed by atoms with Crippen LogP contribution in [0.1, 0.15) is 12.5 Å². The summed E-state index contributed by atoms with van der Waals surface area (Å²) in [6, 6.07) is 0.392. The largest absolute Gasteiger partial charge is 0.433 e. The Morgan fingerprint density at radius 3 is 3.05 bits per heavy atom. The lowest BCUT2D eigenvalue weighted by Crippen LogP contribution is -2.16. The van der Waals surface area contributed by atoms with Gasteiger partial charge in [-0.25, -0.2) is 9.97 Å². The van der Waals surface area contributed by atoms with Crippen molar-refractivity contribution < 1.29 is 4.74 Å². The van der Waals surface area contributed by atoms with Crippen LogP contribution < -0.4 is 10.5 Å². The number of rotatable bonds is 3. The Labute approximate surface area is 124 Å². The summed E-state index contributed by atoms with van der Waals surface area (Å²) < 4.78 is 8.14. The lowest BCUT2D eigenvalue weighted by molar-refractivity contribution is 0.381. The number of anilines is 1. The van der Waals surface area contributed by atoms with E-state index in [0.29, 0.717) is 16.4 Å². The molecule has 0 radical (unpaired) electrons. The van der Waals surface area contributed by atoms with Crippen LogP contribution >= 0.6 is 15.9 Å². The second-order valence-electron chi connectivity index (χ2n) is 4.85. The van der Waals surface area contributed by atoms with Crippen LogP contribution in [-0.4, -0.2) is 44.8 Å². The van der Waals surface area contributed by atoms with E-state index in [-0.39, 0.29) is 11.7 Å². The van der Waals surface area contributed by atoms with Gasteiger partial charge in [0.05, 0.1) is 24.6 Å². The van der Waals surface area contributed by atoms with E-state index in [0.717, 1.165) is 19.5 Å². The van der Waals surface area contributed by atoms with Crippen molar-refractivity contribution in [2.24, 2.45) is 0 Å². The van der Waals surface area contributed by atoms with Crippen LogP contribution in [0, 0.1) is 0 Å². The van der Waals surface area contributed by atoms with Crippen molar-refractivity contribution in [3.63, 3.8) is 0 Å². The van der Waals surface area contributed by atoms with E-state index < -0.39 is 0 Å². The normalized spacial score (nSPS) is 19.4. The van der Waals surface area contributed by atoms with Gasteiger partial charge >= 0.3 is 0 Å². The molecule has 1 aliphatic rings. The highest BCUT2D eigenvalue weighted by Gasteiger charge is 2.22. The smallest absolute Gasteiger partial charge is 0.263 e. The minimum Gasteiger partial charge on any atom is -0.433 e. The minimum absolute atomic E-state index is 0.251. The second-order valence-corrected chi connectivity index (χ2v) is 5.66. The zero-order valence-electron chi connectivity index (χ0n) is 11.0. The summed E-state index contributed by atoms with van der Waals surface area (Å²) in [6.45, 7) is 2.09. The quantitative estimate of drug-likeness (QED) is 0.916. The molecule has 2 N–H and O–H groups in total. The highest BCUT2D eigenvalue weighted by Crippen LogP contribution is 2.27. The third kappa shape index (κ3) is 2.75. The summed E-state index contributed by atoms with van der Waals surface area (Å²) in [6.07, 6.45) is 6.16. The summed E-state index contributed by atoms with van der Waals surface area (Å²) in [4.78, 5) is 10.4. The van der Waals surface area contributed by atoms with Crippen molar-refractivity contribution in [3.05, 3.63) is 23.2 Å². The number of hydrogen-bond donors (Lipinski definition) is 1. The molecule has 3 rings (SSSR count). The molecule has 3 heterocycles. The number of aromatic nitrogens is 4. The Kier molecular flexibility index (Phi) is 3.58. The summed E-state index contributed by atoms with van der Waals surface area (Å²) >= 11 is 3.24. The van der Waals surface area contributed by atoms with E-state index in [1.807, 2.05) is 10.9 Å². The number of hydrogen-bond acceptors (Lipinski definition) is 6. The van der Waals surface area contributed by atoms with Crippen molar-refractivity contribution in [2.75, 3.05) is 25.9 Å². The Morgan fingerprint density at radius 2 is 2.30 bits per heavy atom. The van der Waals surface area contributed by atoms with Gasteiger partial charge in [-0.1, -0.05) is 0 Å². The van der Waals surface area contributed by atoms with Gasteiger partial charge in [0.1, 0.15) is 4.60 Å². The van der Waals surface area contributed by atoms with Gasteiger partial charge in [0.15, 0.2) is 11.6 Å². The van der Waals surface area contributed by atoms with Crippen LogP contribution in [0.25, 0.3) is 0 Å². The molecule has 0 saturated carbocycles. The molecule has 0 aliphatic carbocycles. The summed E-state index contributed by atoms with van der Waals surface area (Å²) in [5.74, 6) is 1.14. The molecule has 1 aliphatic heterocycles. The Balaban J connectivity index is 1.75. The predicted octanol–water partition coefficient (Wildman–Crippen LogP) is 1.69. The lowest BCUT2D eigenvalue weighted by atomic mass is 10.3. The second kappa shape index (κ2) is 5.37. The average molecular weight is 339 g/mol. The van der Waals surface area contributed by atoms with Crippen molar-refractivity contribution in [1.29, 1.82) is 0 Å². The maximum Gasteiger partial charge on any atom is 0.263 e. The van der Waals surface area contributed by atoms with Gasteiger partial charge in [0.25, 0.3) is 5.88 Å². The Bertz CT molecular complexity index is 616. The average Bonchev–Trinajstić information content (AvgIpc) is 3.03. The molecule has 20 heavy (non-hydrogen) atoms. The third-order valence-electron chi connectivity index (χ3n) is 3.27. The van der Waals surface area contributed by atoms with Crippen LogP contribution in [0.3, 0.4) is 0 Å². The molecule has 1 atom stereocenters. The number of nitrogens with two attached hydrogens (primary N) is 1. The zero-order valence-corrected chi connectivity index (χ0v) is 12.6. The van der Waals surface area contributed by atoms with Crippen LogP contribution in [0.4, 0.5) is 5.82 Å². The van der Waals surface area contributed by atoms with Gasteiger partial charge in [0.2, 0.25) is 0 Å². The zero-order chi connectivity index (χ0) is 14.1. The fourth-order valence-electron chi connectivity index (χ4n) is 2.25. The van der Waals surface area contributed by atoms with Crippen molar-refractivity contribution in [1.82, 2.24) is 24.6 Å². The van der Waals surface area contributed by atoms with E-state index in [2.05, 4.69) is 42.9 Å². The molecular formula is C12H15BrN6O. The van der Waals surface area contributed by atoms with E-state index >= 15 is 0 Å². The molecule has 0 aromatic carbocycles. The van der Waals surface area contributed by atoms with Crippen molar-refractivity contribution in [2.45, 2.75) is 12.5 Å². The topological polar surface area (TPSA) is 82.1 Å². The Hall–Kier alpha value is -1.67. The summed E-state index contributed by atoms with van der Waals surface area (Å²) in [5, 5.41) is 4.35. The number of likely N-dealkylation sites (N-methyl/N-ethyl adjacent to an activating group) is 1. The van der Waals surface area contributed by atoms with Crippen LogP contribution in [0.5, 0.6) is 11.6 Å². The number of ether oxygens (including phenoxy) is 1. The lowest BCUT2D eigenvalue weighted by Gasteiger charge is -2.10. The highest BCUT2D eigenvalue weighted by molar-refractivity contribution is 9.10. The molecule has 2 aromatic heterocycles. The molecule has 1 saturated heterocycles. The minimum atomic E-state index is 0.251. The molecule has 106 valence electrons. The third-order valence-corrected chi connectivity index (χ3v) is 3.65. The molecule has 2 aromatic rings. The SMILES string of the molecule is CN1CCC(n2cc(Oc3nc(Br)cnc3N)cn2)C1. The number of nitrogen functional groups attached to an aromatic ring is 1. The van der Waals surface area contributed by atoms with Crippen LogP contribution in [-0.2, 0) is 0 Å². The molecule has 1 unspecified atom stereocenters. The van der Waals surface area contributed by atoms with Crippen molar-refractivity contribution >= 4 is 21.7 Å². The molecule has 7 nitrogen and oxygen atoms in total. The summed E-state index contributed by atoms with van der Waals surface area (Å²) in [7, 11) is 2.11. The molecule has 0 spiro atoms. The van der Waals surface area contributed by atoms with Gasteiger partial charge in [0, 0.05) is 6.54 Å². The first-order valence-corrected chi connectivity index (χ1v) is 7.09. The first-order valence-electron chi connectivity index (χ1n) is 6.30. The summed E-state index contributed by atoms with van der Waals surface area (Å²) in [5.41, 5.74) is 5.73. The van der Waals surface area contributed by atoms with Gasteiger partial charge in [-0.15, -0.1) is 0 Å². The molecule has 1 fully saturated rings. The maximum atomic E-state index is 5.73. The molecule has 0 amide bonds. The van der Waals surface area contributed by atoms with E-state index in [9.17, 15) is 0 Å². The Morgan fingerprint density at radius 1 is 1.45 bits per heavy atom. The van der Waals surface area contributed by atoms with Gasteiger partial charge in [-0.3, -0.25) is 4.68 Å². The van der Waals surface area contributed by atoms with Crippen LogP contribution in [0.2, 0.25) is 0 Å². The number of halogens is 1. The number of nitrogens with zero attached hydrogens (tertiary/aromatic N) is 5. The van der Waals surface area contributed by atoms with E-state index in [4.69, 9.17) is 10.5 Å². The standard InChI is InChI=1S/C12H15BrN6O/c1-18-3-2-8(6-18)19-7-9(4-16-19)20-12-11(14)15-5-10(13)17-12/h4-5,7-8H,2-3,6H2,1H3,(H2,14,15). The maximum absolute atomic E-state index is 5.73. The number of likely N-dealkylation sites (tertiary alicyclic amines) is 1. The fourth-order valence-corrected chi connectivity index (χ4v) is 2.51. The van der Waals surface area contributed by atoms with Gasteiger partial charge in [-0.2, -0.15) is 5.10 Å². The van der Waals surface area contributed by atoms with Crippen molar-refractivity contribution in [3.8, 4) is 11.6 Å². The fraction of sp³-hybridized carbons (Fsp3) is 0.417. The van der Waals surface area contributed by atoms with E-state index in [1.54, 1.807) is 6.20 Å². The monoisotopic (exact) mass is 338 g/mol. The van der Waals surface area contributed by atoms with Crippen LogP contribution in [0.15, 0.2) is 23.2 Å². The molecule has 8 heteroatoms. The molecular weight excluding hydrogens is 324 g/mol. The first kappa shape index (κ1) is 13.3. The first-order chi connectivity index (χ1) is 9.61.